The molecular formula is C18H30ClN. The molecule has 1 nitrogen and oxygen atoms in total. The highest BCUT2D eigenvalue weighted by Crippen LogP contribution is 2.30. The van der Waals surface area contributed by atoms with Crippen molar-refractivity contribution in [1.29, 1.82) is 0 Å². The second-order valence-electron chi connectivity index (χ2n) is 7.16. The van der Waals surface area contributed by atoms with Gasteiger partial charge >= 0.3 is 0 Å². The van der Waals surface area contributed by atoms with Crippen LogP contribution in [0.25, 0.3) is 0 Å². The van der Waals surface area contributed by atoms with E-state index in [-0.39, 0.29) is 0 Å². The predicted molar refractivity (Wildman–Crippen MR) is 90.3 cm³/mol. The lowest BCUT2D eigenvalue weighted by Crippen LogP contribution is -2.25. The van der Waals surface area contributed by atoms with Gasteiger partial charge in [0.15, 0.2) is 0 Å². The van der Waals surface area contributed by atoms with Crippen molar-refractivity contribution in [2.45, 2.75) is 59.9 Å². The number of hydrogen-bond acceptors (Lipinski definition) is 1. The lowest BCUT2D eigenvalue weighted by atomic mass is 9.82. The van der Waals surface area contributed by atoms with E-state index in [1.165, 1.54) is 18.4 Å². The number of halogens is 1. The minimum atomic E-state index is 0.398. The maximum Gasteiger partial charge on any atom is 0.0406 e. The summed E-state index contributed by atoms with van der Waals surface area (Å²) in [6.45, 7) is 12.6. The monoisotopic (exact) mass is 295 g/mol. The van der Waals surface area contributed by atoms with Gasteiger partial charge in [-0.1, -0.05) is 58.4 Å². The third kappa shape index (κ3) is 6.76. The van der Waals surface area contributed by atoms with Gasteiger partial charge in [0.05, 0.1) is 0 Å². The van der Waals surface area contributed by atoms with Gasteiger partial charge in [-0.3, -0.25) is 0 Å². The lowest BCUT2D eigenvalue weighted by molar-refractivity contribution is 0.276. The second kappa shape index (κ2) is 8.05. The van der Waals surface area contributed by atoms with E-state index in [9.17, 15) is 0 Å². The van der Waals surface area contributed by atoms with E-state index in [0.29, 0.717) is 17.4 Å². The highest BCUT2D eigenvalue weighted by molar-refractivity contribution is 6.30. The van der Waals surface area contributed by atoms with Gasteiger partial charge in [0.2, 0.25) is 0 Å². The average Bonchev–Trinajstić information content (AvgIpc) is 2.33. The normalized spacial score (nSPS) is 15.1. The fourth-order valence-electron chi connectivity index (χ4n) is 2.88. The van der Waals surface area contributed by atoms with Gasteiger partial charge in [0.1, 0.15) is 0 Å². The van der Waals surface area contributed by atoms with E-state index in [4.69, 9.17) is 11.6 Å². The number of rotatable bonds is 7. The van der Waals surface area contributed by atoms with Gasteiger partial charge < -0.3 is 5.32 Å². The quantitative estimate of drug-likeness (QED) is 0.666. The van der Waals surface area contributed by atoms with Crippen LogP contribution in [-0.2, 0) is 0 Å². The molecule has 1 rings (SSSR count). The van der Waals surface area contributed by atoms with Crippen molar-refractivity contribution < 1.29 is 0 Å². The molecular weight excluding hydrogens is 266 g/mol. The minimum absolute atomic E-state index is 0.398. The first-order chi connectivity index (χ1) is 9.31. The third-order valence-electron chi connectivity index (χ3n) is 3.51. The van der Waals surface area contributed by atoms with E-state index >= 15 is 0 Å². The summed E-state index contributed by atoms with van der Waals surface area (Å²) >= 11 is 5.99. The highest BCUT2D eigenvalue weighted by Gasteiger charge is 2.19. The molecule has 0 radical (unpaired) electrons. The molecule has 2 atom stereocenters. The highest BCUT2D eigenvalue weighted by atomic mass is 35.5. The second-order valence-corrected chi connectivity index (χ2v) is 7.60. The standard InChI is InChI=1S/C18H30ClN/c1-6-11-20-17(12-14(2)13-18(3,4)5)15-7-9-16(19)10-8-15/h7-10,14,17,20H,6,11-13H2,1-5H3. The molecule has 0 fully saturated rings. The number of nitrogens with one attached hydrogen (secondary N) is 1. The minimum Gasteiger partial charge on any atom is -0.310 e. The molecule has 0 bridgehead atoms. The summed E-state index contributed by atoms with van der Waals surface area (Å²) in [6.07, 6.45) is 3.60. The van der Waals surface area contributed by atoms with E-state index in [1.54, 1.807) is 0 Å². The Morgan fingerprint density at radius 1 is 1.15 bits per heavy atom. The van der Waals surface area contributed by atoms with Crippen LogP contribution >= 0.6 is 11.6 Å². The molecule has 114 valence electrons. The van der Waals surface area contributed by atoms with Crippen LogP contribution in [0.2, 0.25) is 5.02 Å². The molecule has 0 saturated heterocycles. The van der Waals surface area contributed by atoms with Crippen LogP contribution in [-0.4, -0.2) is 6.54 Å². The van der Waals surface area contributed by atoms with Crippen LogP contribution in [0.15, 0.2) is 24.3 Å². The summed E-state index contributed by atoms with van der Waals surface area (Å²) in [7, 11) is 0. The van der Waals surface area contributed by atoms with E-state index in [2.05, 4.69) is 52.1 Å². The molecule has 0 spiro atoms. The Balaban J connectivity index is 2.71. The Hall–Kier alpha value is -0.530. The fourth-order valence-corrected chi connectivity index (χ4v) is 3.01. The Labute approximate surface area is 130 Å². The number of hydrogen-bond donors (Lipinski definition) is 1. The molecule has 20 heavy (non-hydrogen) atoms. The smallest absolute Gasteiger partial charge is 0.0406 e. The van der Waals surface area contributed by atoms with Gasteiger partial charge in [-0.05, 0) is 54.8 Å². The Morgan fingerprint density at radius 2 is 1.75 bits per heavy atom. The molecule has 1 N–H and O–H groups in total. The van der Waals surface area contributed by atoms with Crippen molar-refractivity contribution in [2.75, 3.05) is 6.54 Å². The van der Waals surface area contributed by atoms with Crippen molar-refractivity contribution in [3.05, 3.63) is 34.9 Å². The van der Waals surface area contributed by atoms with Crippen LogP contribution in [0.4, 0.5) is 0 Å². The lowest BCUT2D eigenvalue weighted by Gasteiger charge is -2.27. The zero-order chi connectivity index (χ0) is 15.2. The van der Waals surface area contributed by atoms with Crippen molar-refractivity contribution in [1.82, 2.24) is 5.32 Å². The zero-order valence-electron chi connectivity index (χ0n) is 13.7. The van der Waals surface area contributed by atoms with E-state index in [0.717, 1.165) is 18.0 Å². The van der Waals surface area contributed by atoms with Gasteiger partial charge in [-0.25, -0.2) is 0 Å². The van der Waals surface area contributed by atoms with Crippen molar-refractivity contribution in [3.8, 4) is 0 Å². The fraction of sp³-hybridized carbons (Fsp3) is 0.667. The van der Waals surface area contributed by atoms with Crippen LogP contribution in [0.3, 0.4) is 0 Å². The summed E-state index contributed by atoms with van der Waals surface area (Å²) < 4.78 is 0. The third-order valence-corrected chi connectivity index (χ3v) is 3.76. The average molecular weight is 296 g/mol. The molecule has 2 heteroatoms. The van der Waals surface area contributed by atoms with Crippen LogP contribution in [0, 0.1) is 11.3 Å². The topological polar surface area (TPSA) is 12.0 Å². The number of benzene rings is 1. The van der Waals surface area contributed by atoms with Gasteiger partial charge in [0.25, 0.3) is 0 Å². The molecule has 0 aliphatic rings. The Kier molecular flexibility index (Phi) is 7.05. The van der Waals surface area contributed by atoms with Crippen LogP contribution in [0.5, 0.6) is 0 Å². The SMILES string of the molecule is CCCNC(CC(C)CC(C)(C)C)c1ccc(Cl)cc1. The van der Waals surface area contributed by atoms with Crippen molar-refractivity contribution in [2.24, 2.45) is 11.3 Å². The molecule has 0 aromatic heterocycles. The Morgan fingerprint density at radius 3 is 2.25 bits per heavy atom. The molecule has 0 aliphatic heterocycles. The summed E-state index contributed by atoms with van der Waals surface area (Å²) in [4.78, 5) is 0. The molecule has 2 unspecified atom stereocenters. The van der Waals surface area contributed by atoms with E-state index < -0.39 is 0 Å². The Bertz CT molecular complexity index is 377. The molecule has 0 aliphatic carbocycles. The van der Waals surface area contributed by atoms with Gasteiger partial charge in [-0.15, -0.1) is 0 Å². The zero-order valence-corrected chi connectivity index (χ0v) is 14.4. The maximum absolute atomic E-state index is 5.99. The molecule has 1 aromatic carbocycles. The summed E-state index contributed by atoms with van der Waals surface area (Å²) in [6, 6.07) is 8.72. The first-order valence-corrected chi connectivity index (χ1v) is 8.18. The van der Waals surface area contributed by atoms with Crippen molar-refractivity contribution in [3.63, 3.8) is 0 Å². The molecule has 0 amide bonds. The predicted octanol–water partition coefficient (Wildman–Crippen LogP) is 5.84. The first kappa shape index (κ1) is 17.5. The van der Waals surface area contributed by atoms with Crippen LogP contribution in [0.1, 0.15) is 65.5 Å². The van der Waals surface area contributed by atoms with Crippen LogP contribution < -0.4 is 5.32 Å². The molecule has 0 saturated carbocycles. The van der Waals surface area contributed by atoms with Gasteiger partial charge in [-0.2, -0.15) is 0 Å². The summed E-state index contributed by atoms with van der Waals surface area (Å²) in [5.41, 5.74) is 1.75. The molecule has 0 heterocycles. The maximum atomic E-state index is 5.99. The first-order valence-electron chi connectivity index (χ1n) is 7.80. The van der Waals surface area contributed by atoms with Crippen molar-refractivity contribution >= 4 is 11.6 Å². The summed E-state index contributed by atoms with van der Waals surface area (Å²) in [5, 5.41) is 4.49. The van der Waals surface area contributed by atoms with Gasteiger partial charge in [0, 0.05) is 11.1 Å². The molecule has 1 aromatic rings. The largest absolute Gasteiger partial charge is 0.310 e. The summed E-state index contributed by atoms with van der Waals surface area (Å²) in [5.74, 6) is 0.708. The van der Waals surface area contributed by atoms with E-state index in [1.807, 2.05) is 12.1 Å².